The van der Waals surface area contributed by atoms with Crippen molar-refractivity contribution in [1.29, 1.82) is 0 Å². The van der Waals surface area contributed by atoms with E-state index in [1.165, 1.54) is 13.0 Å². The number of rotatable bonds is 5. The Hall–Kier alpha value is -2.89. The van der Waals surface area contributed by atoms with Crippen molar-refractivity contribution in [2.24, 2.45) is 11.8 Å². The Morgan fingerprint density at radius 3 is 2.29 bits per heavy atom. The van der Waals surface area contributed by atoms with Gasteiger partial charge in [0.1, 0.15) is 5.76 Å². The Bertz CT molecular complexity index is 857. The highest BCUT2D eigenvalue weighted by molar-refractivity contribution is 5.94. The lowest BCUT2D eigenvalue weighted by molar-refractivity contribution is -0.137. The molecular weight excluding hydrogens is 358 g/mol. The minimum absolute atomic E-state index is 0.0163. The normalized spacial score (nSPS) is 19.3. The third kappa shape index (κ3) is 4.68. The van der Waals surface area contributed by atoms with Crippen molar-refractivity contribution < 1.29 is 23.5 Å². The second-order valence-electron chi connectivity index (χ2n) is 7.62. The Kier molecular flexibility index (Phi) is 5.97. The van der Waals surface area contributed by atoms with Gasteiger partial charge in [0.2, 0.25) is 5.76 Å². The van der Waals surface area contributed by atoms with E-state index in [9.17, 15) is 14.4 Å². The minimum atomic E-state index is -0.668. The van der Waals surface area contributed by atoms with Crippen LogP contribution in [0.15, 0.2) is 40.8 Å². The number of carbonyl (C=O) groups is 3. The molecule has 1 saturated heterocycles. The maximum atomic E-state index is 12.3. The molecule has 1 aliphatic rings. The van der Waals surface area contributed by atoms with Gasteiger partial charge in [-0.2, -0.15) is 0 Å². The number of furan rings is 1. The lowest BCUT2D eigenvalue weighted by Crippen LogP contribution is -2.44. The lowest BCUT2D eigenvalue weighted by Gasteiger charge is -2.34. The van der Waals surface area contributed by atoms with Crippen LogP contribution < -0.4 is 0 Å². The number of carbonyl (C=O) groups excluding carboxylic acids is 3. The third-order valence-electron chi connectivity index (χ3n) is 4.93. The number of hydrogen-bond acceptors (Lipinski definition) is 5. The van der Waals surface area contributed by atoms with Gasteiger partial charge in [0.25, 0.3) is 5.91 Å². The summed E-state index contributed by atoms with van der Waals surface area (Å²) in [5.41, 5.74) is 1.35. The second-order valence-corrected chi connectivity index (χ2v) is 7.62. The molecule has 0 aliphatic carbocycles. The fraction of sp³-hybridized carbons (Fsp3) is 0.409. The summed E-state index contributed by atoms with van der Waals surface area (Å²) in [4.78, 5) is 37.7. The standard InChI is InChI=1S/C22H25NO5/c1-14-10-15(2)12-23(11-14)21(25)13-27-22(26)20-9-8-19(28-20)18-6-4-17(5-7-18)16(3)24/h4-9,14-15H,10-13H2,1-3H3/t14-,15-/m0/s1. The molecule has 1 fully saturated rings. The number of Topliss-reactive ketones (excluding diaryl/α,β-unsaturated/α-hetero) is 1. The first-order valence-electron chi connectivity index (χ1n) is 9.49. The number of likely N-dealkylation sites (tertiary alicyclic amines) is 1. The van der Waals surface area contributed by atoms with Crippen LogP contribution in [0, 0.1) is 11.8 Å². The molecule has 0 radical (unpaired) electrons. The number of amides is 1. The molecule has 3 rings (SSSR count). The molecular formula is C22H25NO5. The van der Waals surface area contributed by atoms with Crippen LogP contribution in [0.2, 0.25) is 0 Å². The SMILES string of the molecule is CC(=O)c1ccc(-c2ccc(C(=O)OCC(=O)N3C[C@@H](C)C[C@H](C)C3)o2)cc1. The fourth-order valence-electron chi connectivity index (χ4n) is 3.63. The first-order valence-corrected chi connectivity index (χ1v) is 9.49. The smallest absolute Gasteiger partial charge is 0.374 e. The van der Waals surface area contributed by atoms with Crippen molar-refractivity contribution in [1.82, 2.24) is 4.90 Å². The van der Waals surface area contributed by atoms with Crippen LogP contribution in [0.4, 0.5) is 0 Å². The zero-order valence-electron chi connectivity index (χ0n) is 16.4. The molecule has 0 bridgehead atoms. The van der Waals surface area contributed by atoms with Crippen molar-refractivity contribution in [3.8, 4) is 11.3 Å². The molecule has 148 valence electrons. The van der Waals surface area contributed by atoms with Crippen LogP contribution in [0.3, 0.4) is 0 Å². The number of ketones is 1. The highest BCUT2D eigenvalue weighted by Gasteiger charge is 2.26. The molecule has 1 aromatic heterocycles. The zero-order chi connectivity index (χ0) is 20.3. The highest BCUT2D eigenvalue weighted by atomic mass is 16.5. The molecule has 0 N–H and O–H groups in total. The summed E-state index contributed by atoms with van der Waals surface area (Å²) in [6.07, 6.45) is 1.10. The number of piperidine rings is 1. The highest BCUT2D eigenvalue weighted by Crippen LogP contribution is 2.24. The van der Waals surface area contributed by atoms with E-state index in [2.05, 4.69) is 13.8 Å². The van der Waals surface area contributed by atoms with E-state index in [4.69, 9.17) is 9.15 Å². The Balaban J connectivity index is 1.58. The average molecular weight is 383 g/mol. The van der Waals surface area contributed by atoms with Crippen LogP contribution >= 0.6 is 0 Å². The first-order chi connectivity index (χ1) is 13.3. The summed E-state index contributed by atoms with van der Waals surface area (Å²) < 4.78 is 10.7. The molecule has 0 saturated carbocycles. The average Bonchev–Trinajstić information content (AvgIpc) is 3.15. The maximum absolute atomic E-state index is 12.3. The van der Waals surface area contributed by atoms with E-state index < -0.39 is 5.97 Å². The van der Waals surface area contributed by atoms with Gasteiger partial charge in [0, 0.05) is 24.2 Å². The van der Waals surface area contributed by atoms with Crippen molar-refractivity contribution in [3.05, 3.63) is 47.7 Å². The molecule has 1 aliphatic heterocycles. The fourth-order valence-corrected chi connectivity index (χ4v) is 3.63. The monoisotopic (exact) mass is 383 g/mol. The van der Waals surface area contributed by atoms with E-state index >= 15 is 0 Å². The molecule has 1 amide bonds. The van der Waals surface area contributed by atoms with E-state index in [0.29, 0.717) is 36.2 Å². The lowest BCUT2D eigenvalue weighted by atomic mass is 9.92. The molecule has 6 nitrogen and oxygen atoms in total. The van der Waals surface area contributed by atoms with Gasteiger partial charge in [-0.25, -0.2) is 4.79 Å². The van der Waals surface area contributed by atoms with Crippen LogP contribution in [-0.2, 0) is 9.53 Å². The van der Waals surface area contributed by atoms with Gasteiger partial charge in [-0.1, -0.05) is 38.1 Å². The largest absolute Gasteiger partial charge is 0.450 e. The maximum Gasteiger partial charge on any atom is 0.374 e. The second kappa shape index (κ2) is 8.42. The molecule has 1 aromatic carbocycles. The van der Waals surface area contributed by atoms with Crippen LogP contribution in [0.25, 0.3) is 11.3 Å². The van der Waals surface area contributed by atoms with Gasteiger partial charge in [0.15, 0.2) is 12.4 Å². The third-order valence-corrected chi connectivity index (χ3v) is 4.93. The number of nitrogens with zero attached hydrogens (tertiary/aromatic N) is 1. The van der Waals surface area contributed by atoms with Crippen molar-refractivity contribution in [2.45, 2.75) is 27.2 Å². The summed E-state index contributed by atoms with van der Waals surface area (Å²) in [6, 6.07) is 10.1. The van der Waals surface area contributed by atoms with Crippen molar-refractivity contribution in [3.63, 3.8) is 0 Å². The first kappa shape index (κ1) is 19.9. The minimum Gasteiger partial charge on any atom is -0.450 e. The van der Waals surface area contributed by atoms with Gasteiger partial charge in [-0.3, -0.25) is 9.59 Å². The van der Waals surface area contributed by atoms with E-state index in [1.807, 2.05) is 0 Å². The predicted octanol–water partition coefficient (Wildman–Crippen LogP) is 3.81. The van der Waals surface area contributed by atoms with Gasteiger partial charge < -0.3 is 14.1 Å². The van der Waals surface area contributed by atoms with E-state index in [0.717, 1.165) is 12.0 Å². The number of esters is 1. The van der Waals surface area contributed by atoms with Crippen LogP contribution in [0.1, 0.15) is 48.1 Å². The molecule has 2 aromatic rings. The molecule has 2 atom stereocenters. The van der Waals surface area contributed by atoms with Gasteiger partial charge in [-0.15, -0.1) is 0 Å². The van der Waals surface area contributed by atoms with Gasteiger partial charge in [-0.05, 0) is 37.3 Å². The van der Waals surface area contributed by atoms with Crippen molar-refractivity contribution in [2.75, 3.05) is 19.7 Å². The predicted molar refractivity (Wildman–Crippen MR) is 104 cm³/mol. The number of hydrogen-bond donors (Lipinski definition) is 0. The summed E-state index contributed by atoms with van der Waals surface area (Å²) >= 11 is 0. The molecule has 28 heavy (non-hydrogen) atoms. The molecule has 6 heteroatoms. The number of benzene rings is 1. The number of ether oxygens (including phenoxy) is 1. The molecule has 2 heterocycles. The Morgan fingerprint density at radius 1 is 1.04 bits per heavy atom. The molecule has 0 spiro atoms. The van der Waals surface area contributed by atoms with E-state index in [1.54, 1.807) is 35.2 Å². The van der Waals surface area contributed by atoms with Gasteiger partial charge >= 0.3 is 5.97 Å². The van der Waals surface area contributed by atoms with E-state index in [-0.39, 0.29) is 24.1 Å². The summed E-state index contributed by atoms with van der Waals surface area (Å²) in [7, 11) is 0. The Morgan fingerprint density at radius 2 is 1.68 bits per heavy atom. The van der Waals surface area contributed by atoms with Gasteiger partial charge in [0.05, 0.1) is 0 Å². The Labute approximate surface area is 164 Å². The van der Waals surface area contributed by atoms with Crippen LogP contribution in [0.5, 0.6) is 0 Å². The summed E-state index contributed by atoms with van der Waals surface area (Å²) in [6.45, 7) is 6.85. The van der Waals surface area contributed by atoms with Crippen LogP contribution in [-0.4, -0.2) is 42.3 Å². The topological polar surface area (TPSA) is 76.8 Å². The molecule has 0 unspecified atom stereocenters. The van der Waals surface area contributed by atoms with Crippen molar-refractivity contribution >= 4 is 17.7 Å². The quantitative estimate of drug-likeness (QED) is 0.580. The summed E-state index contributed by atoms with van der Waals surface area (Å²) in [5.74, 6) is 0.565. The summed E-state index contributed by atoms with van der Waals surface area (Å²) in [5, 5.41) is 0. The zero-order valence-corrected chi connectivity index (χ0v) is 16.4.